The van der Waals surface area contributed by atoms with Crippen molar-refractivity contribution in [2.75, 3.05) is 31.3 Å². The van der Waals surface area contributed by atoms with E-state index in [0.29, 0.717) is 23.7 Å². The molecule has 0 aliphatic rings. The average Bonchev–Trinajstić information content (AvgIpc) is 2.86. The summed E-state index contributed by atoms with van der Waals surface area (Å²) in [7, 11) is -0.915. The lowest BCUT2D eigenvalue weighted by atomic mass is 10.2. The van der Waals surface area contributed by atoms with E-state index in [1.54, 1.807) is 18.2 Å². The summed E-state index contributed by atoms with van der Waals surface area (Å²) >= 11 is 0. The molecule has 3 rings (SSSR count). The number of carbonyl (C=O) groups is 1. The zero-order valence-corrected chi connectivity index (χ0v) is 20.5. The number of rotatable bonds is 11. The molecule has 184 valence electrons. The SMILES string of the molecule is COc1ccc(N(CC(=O)N/N=C\c2ccccc2OCc2ccccc2)S(C)(=O)=O)c(OC)c1. The number of ether oxygens (including phenoxy) is 3. The zero-order valence-electron chi connectivity index (χ0n) is 19.7. The molecule has 0 fully saturated rings. The predicted molar refractivity (Wildman–Crippen MR) is 135 cm³/mol. The van der Waals surface area contributed by atoms with Crippen LogP contribution in [0.1, 0.15) is 11.1 Å². The van der Waals surface area contributed by atoms with Crippen LogP contribution in [0.2, 0.25) is 0 Å². The van der Waals surface area contributed by atoms with Crippen LogP contribution in [-0.2, 0) is 21.4 Å². The van der Waals surface area contributed by atoms with Crippen LogP contribution in [-0.4, -0.2) is 47.6 Å². The van der Waals surface area contributed by atoms with Crippen LogP contribution >= 0.6 is 0 Å². The molecular weight excluding hydrogens is 470 g/mol. The largest absolute Gasteiger partial charge is 0.497 e. The van der Waals surface area contributed by atoms with Gasteiger partial charge in [0.15, 0.2) is 0 Å². The van der Waals surface area contributed by atoms with Gasteiger partial charge in [-0.1, -0.05) is 42.5 Å². The van der Waals surface area contributed by atoms with Crippen LogP contribution in [0.3, 0.4) is 0 Å². The number of para-hydroxylation sites is 1. The average molecular weight is 498 g/mol. The van der Waals surface area contributed by atoms with Crippen molar-refractivity contribution >= 4 is 27.8 Å². The second-order valence-electron chi connectivity index (χ2n) is 7.41. The first kappa shape index (κ1) is 25.6. The molecule has 0 aliphatic carbocycles. The number of hydrogen-bond acceptors (Lipinski definition) is 7. The minimum atomic E-state index is -3.80. The van der Waals surface area contributed by atoms with Crippen molar-refractivity contribution in [1.29, 1.82) is 0 Å². The van der Waals surface area contributed by atoms with E-state index in [4.69, 9.17) is 14.2 Å². The molecule has 0 saturated carbocycles. The number of anilines is 1. The molecule has 3 aromatic rings. The van der Waals surface area contributed by atoms with Crippen LogP contribution in [0.25, 0.3) is 0 Å². The van der Waals surface area contributed by atoms with E-state index < -0.39 is 22.5 Å². The van der Waals surface area contributed by atoms with Crippen molar-refractivity contribution in [3.05, 3.63) is 83.9 Å². The molecule has 0 unspecified atom stereocenters. The molecule has 0 aliphatic heterocycles. The third-order valence-corrected chi connectivity index (χ3v) is 6.02. The maximum atomic E-state index is 12.6. The van der Waals surface area contributed by atoms with Gasteiger partial charge in [-0.25, -0.2) is 13.8 Å². The number of hydrazone groups is 1. The summed E-state index contributed by atoms with van der Waals surface area (Å²) < 4.78 is 42.1. The van der Waals surface area contributed by atoms with Gasteiger partial charge in [-0.15, -0.1) is 0 Å². The Kier molecular flexibility index (Phi) is 8.69. The van der Waals surface area contributed by atoms with E-state index in [1.165, 1.54) is 32.6 Å². The van der Waals surface area contributed by atoms with Gasteiger partial charge in [0, 0.05) is 11.6 Å². The van der Waals surface area contributed by atoms with Gasteiger partial charge >= 0.3 is 0 Å². The Labute approximate surface area is 205 Å². The highest BCUT2D eigenvalue weighted by molar-refractivity contribution is 7.92. The fourth-order valence-electron chi connectivity index (χ4n) is 3.17. The third-order valence-electron chi connectivity index (χ3n) is 4.89. The second-order valence-corrected chi connectivity index (χ2v) is 9.32. The normalized spacial score (nSPS) is 11.2. The van der Waals surface area contributed by atoms with Gasteiger partial charge in [-0.05, 0) is 29.8 Å². The summed E-state index contributed by atoms with van der Waals surface area (Å²) in [6.45, 7) is -0.115. The highest BCUT2D eigenvalue weighted by Crippen LogP contribution is 2.33. The molecule has 0 radical (unpaired) electrons. The van der Waals surface area contributed by atoms with Crippen LogP contribution in [0.5, 0.6) is 17.2 Å². The van der Waals surface area contributed by atoms with Crippen molar-refractivity contribution in [2.24, 2.45) is 5.10 Å². The summed E-state index contributed by atoms with van der Waals surface area (Å²) in [5, 5.41) is 3.98. The van der Waals surface area contributed by atoms with Crippen LogP contribution in [0.4, 0.5) is 5.69 Å². The molecular formula is C25H27N3O6S. The van der Waals surface area contributed by atoms with E-state index in [2.05, 4.69) is 10.5 Å². The molecule has 0 atom stereocenters. The Bertz CT molecular complexity index is 1280. The van der Waals surface area contributed by atoms with Gasteiger partial charge in [0.05, 0.1) is 32.4 Å². The lowest BCUT2D eigenvalue weighted by Gasteiger charge is -2.23. The first-order chi connectivity index (χ1) is 16.8. The molecule has 35 heavy (non-hydrogen) atoms. The van der Waals surface area contributed by atoms with Crippen molar-refractivity contribution in [3.63, 3.8) is 0 Å². The topological polar surface area (TPSA) is 107 Å². The number of sulfonamides is 1. The van der Waals surface area contributed by atoms with Gasteiger partial charge < -0.3 is 14.2 Å². The maximum absolute atomic E-state index is 12.6. The zero-order chi connectivity index (χ0) is 25.3. The number of nitrogens with zero attached hydrogens (tertiary/aromatic N) is 2. The minimum absolute atomic E-state index is 0.203. The van der Waals surface area contributed by atoms with E-state index in [0.717, 1.165) is 16.1 Å². The Morgan fingerprint density at radius 2 is 1.69 bits per heavy atom. The molecule has 9 nitrogen and oxygen atoms in total. The summed E-state index contributed by atoms with van der Waals surface area (Å²) in [5.74, 6) is 0.694. The first-order valence-corrected chi connectivity index (χ1v) is 12.4. The van der Waals surface area contributed by atoms with Crippen molar-refractivity contribution < 1.29 is 27.4 Å². The third kappa shape index (κ3) is 7.21. The van der Waals surface area contributed by atoms with Crippen LogP contribution in [0.15, 0.2) is 77.9 Å². The number of nitrogens with one attached hydrogen (secondary N) is 1. The Morgan fingerprint density at radius 3 is 2.37 bits per heavy atom. The molecule has 1 amide bonds. The smallest absolute Gasteiger partial charge is 0.260 e. The monoisotopic (exact) mass is 497 g/mol. The number of amides is 1. The summed E-state index contributed by atoms with van der Waals surface area (Å²) in [6.07, 6.45) is 2.45. The molecule has 0 saturated heterocycles. The lowest BCUT2D eigenvalue weighted by molar-refractivity contribution is -0.119. The van der Waals surface area contributed by atoms with Gasteiger partial charge in [0.2, 0.25) is 10.0 Å². The number of methoxy groups -OCH3 is 2. The molecule has 1 N–H and O–H groups in total. The molecule has 0 heterocycles. The highest BCUT2D eigenvalue weighted by Gasteiger charge is 2.24. The summed E-state index contributed by atoms with van der Waals surface area (Å²) in [6, 6.07) is 21.6. The van der Waals surface area contributed by atoms with Crippen molar-refractivity contribution in [2.45, 2.75) is 6.61 Å². The Hall–Kier alpha value is -4.05. The fourth-order valence-corrected chi connectivity index (χ4v) is 4.03. The standard InChI is InChI=1S/C25H27N3O6S/c1-32-21-13-14-22(24(15-21)33-2)28(35(3,30)31)17-25(29)27-26-16-20-11-7-8-12-23(20)34-18-19-9-5-4-6-10-19/h4-16H,17-18H2,1-3H3,(H,27,29)/b26-16-. The number of benzene rings is 3. The van der Waals surface area contributed by atoms with Crippen LogP contribution in [0, 0.1) is 0 Å². The Balaban J connectivity index is 1.69. The van der Waals surface area contributed by atoms with Gasteiger partial charge in [0.1, 0.15) is 30.4 Å². The molecule has 0 bridgehead atoms. The number of hydrogen-bond donors (Lipinski definition) is 1. The second kappa shape index (κ2) is 11.9. The highest BCUT2D eigenvalue weighted by atomic mass is 32.2. The number of carbonyl (C=O) groups excluding carboxylic acids is 1. The van der Waals surface area contributed by atoms with Crippen LogP contribution < -0.4 is 23.9 Å². The van der Waals surface area contributed by atoms with E-state index in [9.17, 15) is 13.2 Å². The summed E-state index contributed by atoms with van der Waals surface area (Å²) in [4.78, 5) is 12.6. The van der Waals surface area contributed by atoms with E-state index in [-0.39, 0.29) is 11.4 Å². The van der Waals surface area contributed by atoms with E-state index >= 15 is 0 Å². The molecule has 0 spiro atoms. The minimum Gasteiger partial charge on any atom is -0.497 e. The first-order valence-electron chi connectivity index (χ1n) is 10.6. The molecule has 3 aromatic carbocycles. The van der Waals surface area contributed by atoms with Crippen molar-refractivity contribution in [3.8, 4) is 17.2 Å². The van der Waals surface area contributed by atoms with Gasteiger partial charge in [0.25, 0.3) is 5.91 Å². The van der Waals surface area contributed by atoms with Gasteiger partial charge in [-0.3, -0.25) is 9.10 Å². The quantitative estimate of drug-likeness (QED) is 0.322. The van der Waals surface area contributed by atoms with Crippen molar-refractivity contribution in [1.82, 2.24) is 5.43 Å². The lowest BCUT2D eigenvalue weighted by Crippen LogP contribution is -2.39. The Morgan fingerprint density at radius 1 is 0.971 bits per heavy atom. The van der Waals surface area contributed by atoms with E-state index in [1.807, 2.05) is 42.5 Å². The fraction of sp³-hybridized carbons (Fsp3) is 0.200. The molecule has 10 heteroatoms. The molecule has 0 aromatic heterocycles. The van der Waals surface area contributed by atoms with Gasteiger partial charge in [-0.2, -0.15) is 5.10 Å². The summed E-state index contributed by atoms with van der Waals surface area (Å²) in [5.41, 5.74) is 4.24. The predicted octanol–water partition coefficient (Wildman–Crippen LogP) is 3.20. The maximum Gasteiger partial charge on any atom is 0.260 e.